The van der Waals surface area contributed by atoms with Crippen LogP contribution in [0.4, 0.5) is 0 Å². The van der Waals surface area contributed by atoms with Gasteiger partial charge in [-0.05, 0) is 75.0 Å². The van der Waals surface area contributed by atoms with E-state index in [-0.39, 0.29) is 5.97 Å². The summed E-state index contributed by atoms with van der Waals surface area (Å²) in [6.07, 6.45) is 33.5. The molecule has 0 radical (unpaired) electrons. The number of aromatic hydroxyl groups is 1. The molecule has 9 unspecified atom stereocenters. The number of rotatable bonds is 31. The number of phenolic OH excluding ortho intramolecular Hbond substituents is 1. The SMILES string of the molecule is CCC1OC1CC1OC1CCCCCCCc1cccc(O)c1.CCCCCC1OC1CC1OC1CCCCCCCC(=O)OCC(CC)CCCC. The third-order valence-corrected chi connectivity index (χ3v) is 11.9. The topological polar surface area (TPSA) is 96.6 Å². The molecule has 0 saturated carbocycles. The standard InChI is InChI=1S/C26H48O4.C20H30O3/c1-4-7-12-16-22-24(29-22)19-25-23(30-25)17-13-10-9-11-14-18-26(27)28-20-21(6-3)15-8-5-2;1-2-17-19(22-17)14-20-18(23-20)12-7-5-3-4-6-9-15-10-8-11-16(21)13-15/h21-25H,4-20H2,1-3H3;8,10-11,13,17-21H,2-7,9,12,14H2,1H3. The van der Waals surface area contributed by atoms with E-state index in [2.05, 4.69) is 33.8 Å². The lowest BCUT2D eigenvalue weighted by Crippen LogP contribution is -2.13. The molecule has 1 N–H and O–H groups in total. The van der Waals surface area contributed by atoms with Crippen molar-refractivity contribution in [3.63, 3.8) is 0 Å². The van der Waals surface area contributed by atoms with E-state index in [9.17, 15) is 9.90 Å². The monoisotopic (exact) mass is 743 g/mol. The molecule has 1 aromatic rings. The summed E-state index contributed by atoms with van der Waals surface area (Å²) in [7, 11) is 0. The molecule has 0 amide bonds. The predicted molar refractivity (Wildman–Crippen MR) is 214 cm³/mol. The maximum absolute atomic E-state index is 11.9. The average Bonchev–Trinajstić information content (AvgIpc) is 3.98. The molecule has 0 spiro atoms. The molecule has 4 heterocycles. The van der Waals surface area contributed by atoms with Crippen LogP contribution in [-0.4, -0.2) is 66.5 Å². The molecule has 7 heteroatoms. The minimum atomic E-state index is -0.00513. The molecule has 9 atom stereocenters. The van der Waals surface area contributed by atoms with Gasteiger partial charge in [-0.25, -0.2) is 0 Å². The summed E-state index contributed by atoms with van der Waals surface area (Å²) in [5, 5.41) is 9.43. The zero-order valence-corrected chi connectivity index (χ0v) is 34.3. The summed E-state index contributed by atoms with van der Waals surface area (Å²) in [6, 6.07) is 7.62. The maximum atomic E-state index is 11.9. The number of unbranched alkanes of at least 4 members (excludes halogenated alkanes) is 11. The number of benzene rings is 1. The van der Waals surface area contributed by atoms with Gasteiger partial charge in [-0.2, -0.15) is 0 Å². The largest absolute Gasteiger partial charge is 0.508 e. The van der Waals surface area contributed by atoms with Gasteiger partial charge in [0.2, 0.25) is 0 Å². The fourth-order valence-electron chi connectivity index (χ4n) is 7.96. The lowest BCUT2D eigenvalue weighted by molar-refractivity contribution is -0.145. The summed E-state index contributed by atoms with van der Waals surface area (Å²) in [4.78, 5) is 11.9. The highest BCUT2D eigenvalue weighted by Crippen LogP contribution is 2.40. The smallest absolute Gasteiger partial charge is 0.305 e. The highest BCUT2D eigenvalue weighted by Gasteiger charge is 2.48. The van der Waals surface area contributed by atoms with Crippen LogP contribution in [-0.2, 0) is 34.9 Å². The molecule has 5 rings (SSSR count). The van der Waals surface area contributed by atoms with E-state index >= 15 is 0 Å². The number of carbonyl (C=O) groups is 1. The lowest BCUT2D eigenvalue weighted by atomic mass is 10.0. The van der Waals surface area contributed by atoms with E-state index in [0.717, 1.165) is 44.9 Å². The normalized spacial score (nSPS) is 27.1. The van der Waals surface area contributed by atoms with Crippen LogP contribution >= 0.6 is 0 Å². The quantitative estimate of drug-likeness (QED) is 0.0459. The number of esters is 1. The Kier molecular flexibility index (Phi) is 21.2. The molecule has 7 nitrogen and oxygen atoms in total. The van der Waals surface area contributed by atoms with Gasteiger partial charge in [0, 0.05) is 19.3 Å². The van der Waals surface area contributed by atoms with Gasteiger partial charge in [0.25, 0.3) is 0 Å². The minimum Gasteiger partial charge on any atom is -0.508 e. The van der Waals surface area contributed by atoms with Crippen molar-refractivity contribution < 1.29 is 33.6 Å². The number of ether oxygens (including phenoxy) is 5. The summed E-state index contributed by atoms with van der Waals surface area (Å²) in [6.45, 7) is 9.45. The van der Waals surface area contributed by atoms with Crippen molar-refractivity contribution in [1.82, 2.24) is 0 Å². The van der Waals surface area contributed by atoms with Gasteiger partial charge in [-0.3, -0.25) is 4.79 Å². The third kappa shape index (κ3) is 19.2. The molecular formula is C46H78O7. The van der Waals surface area contributed by atoms with E-state index < -0.39 is 0 Å². The Balaban J connectivity index is 0.000000244. The Morgan fingerprint density at radius 3 is 1.72 bits per heavy atom. The molecule has 4 saturated heterocycles. The Bertz CT molecular complexity index is 1110. The van der Waals surface area contributed by atoms with Crippen LogP contribution in [0.2, 0.25) is 0 Å². The predicted octanol–water partition coefficient (Wildman–Crippen LogP) is 11.6. The Hall–Kier alpha value is -1.67. The molecule has 0 aliphatic carbocycles. The van der Waals surface area contributed by atoms with Crippen molar-refractivity contribution in [2.24, 2.45) is 5.92 Å². The molecule has 1 aromatic carbocycles. The van der Waals surface area contributed by atoms with Gasteiger partial charge in [0.1, 0.15) is 5.75 Å². The molecule has 4 fully saturated rings. The van der Waals surface area contributed by atoms with Crippen molar-refractivity contribution in [3.05, 3.63) is 29.8 Å². The van der Waals surface area contributed by atoms with Gasteiger partial charge < -0.3 is 28.8 Å². The molecule has 0 bridgehead atoms. The highest BCUT2D eigenvalue weighted by molar-refractivity contribution is 5.69. The van der Waals surface area contributed by atoms with Gasteiger partial charge in [-0.1, -0.05) is 130 Å². The highest BCUT2D eigenvalue weighted by atomic mass is 16.6. The first-order chi connectivity index (χ1) is 25.9. The summed E-state index contributed by atoms with van der Waals surface area (Å²) < 4.78 is 28.4. The molecule has 4 aliphatic rings. The average molecular weight is 743 g/mol. The first-order valence-corrected chi connectivity index (χ1v) is 22.5. The van der Waals surface area contributed by atoms with Crippen molar-refractivity contribution in [3.8, 4) is 5.75 Å². The number of hydrogen-bond acceptors (Lipinski definition) is 7. The first kappa shape index (κ1) is 44.0. The van der Waals surface area contributed by atoms with Crippen LogP contribution in [0.1, 0.15) is 187 Å². The van der Waals surface area contributed by atoms with Crippen LogP contribution in [0.3, 0.4) is 0 Å². The van der Waals surface area contributed by atoms with Crippen molar-refractivity contribution in [2.45, 2.75) is 237 Å². The van der Waals surface area contributed by atoms with E-state index in [1.165, 1.54) is 115 Å². The second-order valence-corrected chi connectivity index (χ2v) is 16.6. The Morgan fingerprint density at radius 2 is 1.17 bits per heavy atom. The summed E-state index contributed by atoms with van der Waals surface area (Å²) in [5.41, 5.74) is 1.24. The van der Waals surface area contributed by atoms with Crippen LogP contribution in [0.15, 0.2) is 24.3 Å². The summed E-state index contributed by atoms with van der Waals surface area (Å²) >= 11 is 0. The Labute approximate surface area is 324 Å². The fourth-order valence-corrected chi connectivity index (χ4v) is 7.96. The molecule has 0 aromatic heterocycles. The first-order valence-electron chi connectivity index (χ1n) is 22.5. The van der Waals surface area contributed by atoms with E-state index in [1.54, 1.807) is 6.07 Å². The third-order valence-electron chi connectivity index (χ3n) is 11.9. The number of phenols is 1. The van der Waals surface area contributed by atoms with Crippen LogP contribution in [0, 0.1) is 5.92 Å². The van der Waals surface area contributed by atoms with Crippen molar-refractivity contribution in [2.75, 3.05) is 6.61 Å². The number of carbonyl (C=O) groups excluding carboxylic acids is 1. The van der Waals surface area contributed by atoms with Crippen LogP contribution in [0.25, 0.3) is 0 Å². The van der Waals surface area contributed by atoms with Crippen LogP contribution in [0.5, 0.6) is 5.75 Å². The van der Waals surface area contributed by atoms with Crippen molar-refractivity contribution in [1.29, 1.82) is 0 Å². The fraction of sp³-hybridized carbons (Fsp3) is 0.848. The van der Waals surface area contributed by atoms with Crippen molar-refractivity contribution >= 4 is 5.97 Å². The maximum Gasteiger partial charge on any atom is 0.305 e. The lowest BCUT2D eigenvalue weighted by Gasteiger charge is -2.14. The molecule has 304 valence electrons. The second kappa shape index (κ2) is 25.5. The van der Waals surface area contributed by atoms with Crippen LogP contribution < -0.4 is 0 Å². The number of hydrogen-bond donors (Lipinski definition) is 1. The zero-order valence-electron chi connectivity index (χ0n) is 34.3. The second-order valence-electron chi connectivity index (χ2n) is 16.6. The van der Waals surface area contributed by atoms with E-state index in [0.29, 0.717) is 73.5 Å². The number of epoxide rings is 4. The Morgan fingerprint density at radius 1 is 0.642 bits per heavy atom. The molecular weight excluding hydrogens is 664 g/mol. The van der Waals surface area contributed by atoms with E-state index in [1.807, 2.05) is 12.1 Å². The van der Waals surface area contributed by atoms with E-state index in [4.69, 9.17) is 23.7 Å². The molecule has 4 aliphatic heterocycles. The van der Waals surface area contributed by atoms with Gasteiger partial charge in [-0.15, -0.1) is 0 Å². The van der Waals surface area contributed by atoms with Gasteiger partial charge >= 0.3 is 5.97 Å². The minimum absolute atomic E-state index is 0.00513. The van der Waals surface area contributed by atoms with Gasteiger partial charge in [0.05, 0.1) is 55.4 Å². The molecule has 53 heavy (non-hydrogen) atoms. The zero-order chi connectivity index (χ0) is 37.7. The number of aryl methyl sites for hydroxylation is 1. The summed E-state index contributed by atoms with van der Waals surface area (Å²) in [5.74, 6) is 0.915. The van der Waals surface area contributed by atoms with Gasteiger partial charge in [0.15, 0.2) is 0 Å².